The van der Waals surface area contributed by atoms with E-state index in [1.165, 1.54) is 0 Å². The SMILES string of the molecule is CC(=O)O.CC(C)(C)OC=O. The normalized spacial score (nSPS) is 9.09. The first-order valence-electron chi connectivity index (χ1n) is 3.10. The number of rotatable bonds is 1. The van der Waals surface area contributed by atoms with Gasteiger partial charge >= 0.3 is 0 Å². The van der Waals surface area contributed by atoms with Crippen LogP contribution in [0.1, 0.15) is 27.7 Å². The topological polar surface area (TPSA) is 63.6 Å². The number of aliphatic carboxylic acids is 1. The van der Waals surface area contributed by atoms with Crippen molar-refractivity contribution in [2.75, 3.05) is 0 Å². The lowest BCUT2D eigenvalue weighted by Crippen LogP contribution is -2.17. The van der Waals surface area contributed by atoms with Crippen LogP contribution in [0.2, 0.25) is 0 Å². The van der Waals surface area contributed by atoms with Crippen molar-refractivity contribution in [3.05, 3.63) is 0 Å². The molecule has 0 aromatic carbocycles. The molecule has 0 aliphatic rings. The third-order valence-corrected chi connectivity index (χ3v) is 0.402. The largest absolute Gasteiger partial charge is 0.481 e. The van der Waals surface area contributed by atoms with Crippen molar-refractivity contribution in [1.29, 1.82) is 0 Å². The lowest BCUT2D eigenvalue weighted by molar-refractivity contribution is -0.138. The molecule has 0 spiro atoms. The molecule has 0 bridgehead atoms. The van der Waals surface area contributed by atoms with E-state index in [0.717, 1.165) is 6.92 Å². The molecule has 4 nitrogen and oxygen atoms in total. The second-order valence-electron chi connectivity index (χ2n) is 2.85. The van der Waals surface area contributed by atoms with Crippen LogP contribution in [0.3, 0.4) is 0 Å². The molecule has 0 saturated carbocycles. The summed E-state index contributed by atoms with van der Waals surface area (Å²) < 4.78 is 4.55. The lowest BCUT2D eigenvalue weighted by atomic mass is 10.2. The van der Waals surface area contributed by atoms with Gasteiger partial charge in [-0.3, -0.25) is 9.59 Å². The smallest absolute Gasteiger partial charge is 0.300 e. The Bertz CT molecular complexity index is 119. The minimum Gasteiger partial charge on any atom is -0.481 e. The second-order valence-corrected chi connectivity index (χ2v) is 2.85. The predicted octanol–water partition coefficient (Wildman–Crippen LogP) is 1.05. The Hall–Kier alpha value is -1.06. The summed E-state index contributed by atoms with van der Waals surface area (Å²) in [5.41, 5.74) is -0.318. The van der Waals surface area contributed by atoms with Crippen LogP contribution < -0.4 is 0 Å². The van der Waals surface area contributed by atoms with Crippen molar-refractivity contribution in [3.63, 3.8) is 0 Å². The average Bonchev–Trinajstić information content (AvgIpc) is 1.58. The van der Waals surface area contributed by atoms with E-state index in [1.54, 1.807) is 0 Å². The second kappa shape index (κ2) is 5.70. The first-order valence-corrected chi connectivity index (χ1v) is 3.10. The standard InChI is InChI=1S/C5H10O2.C2H4O2/c1-5(2,3)7-4-6;1-2(3)4/h4H,1-3H3;1H3,(H,3,4). The molecule has 66 valence electrons. The summed E-state index contributed by atoms with van der Waals surface area (Å²) in [5, 5.41) is 7.42. The lowest BCUT2D eigenvalue weighted by Gasteiger charge is -2.14. The van der Waals surface area contributed by atoms with Gasteiger partial charge in [-0.1, -0.05) is 0 Å². The third-order valence-electron chi connectivity index (χ3n) is 0.402. The van der Waals surface area contributed by atoms with Gasteiger partial charge in [0, 0.05) is 6.92 Å². The van der Waals surface area contributed by atoms with Crippen LogP contribution in [-0.2, 0) is 14.3 Å². The molecular formula is C7H14O4. The fraction of sp³-hybridized carbons (Fsp3) is 0.714. The van der Waals surface area contributed by atoms with Gasteiger partial charge < -0.3 is 9.84 Å². The Morgan fingerprint density at radius 1 is 1.45 bits per heavy atom. The molecule has 11 heavy (non-hydrogen) atoms. The zero-order valence-corrected chi connectivity index (χ0v) is 7.25. The highest BCUT2D eigenvalue weighted by molar-refractivity contribution is 5.62. The van der Waals surface area contributed by atoms with Crippen molar-refractivity contribution in [2.24, 2.45) is 0 Å². The van der Waals surface area contributed by atoms with Gasteiger partial charge in [-0.25, -0.2) is 0 Å². The van der Waals surface area contributed by atoms with E-state index in [9.17, 15) is 4.79 Å². The van der Waals surface area contributed by atoms with Crippen molar-refractivity contribution >= 4 is 12.4 Å². The number of hydrogen-bond acceptors (Lipinski definition) is 3. The summed E-state index contributed by atoms with van der Waals surface area (Å²) in [6.45, 7) is 7.00. The highest BCUT2D eigenvalue weighted by atomic mass is 16.5. The zero-order valence-electron chi connectivity index (χ0n) is 7.25. The molecule has 0 aliphatic carbocycles. The Labute approximate surface area is 66.2 Å². The van der Waals surface area contributed by atoms with E-state index in [1.807, 2.05) is 20.8 Å². The maximum absolute atomic E-state index is 9.60. The number of carbonyl (C=O) groups is 2. The zero-order chi connectivity index (χ0) is 9.49. The quantitative estimate of drug-likeness (QED) is 0.585. The molecule has 0 unspecified atom stereocenters. The molecule has 0 saturated heterocycles. The van der Waals surface area contributed by atoms with E-state index in [0.29, 0.717) is 6.47 Å². The van der Waals surface area contributed by atoms with E-state index in [2.05, 4.69) is 4.74 Å². The monoisotopic (exact) mass is 162 g/mol. The third kappa shape index (κ3) is 49.8. The Morgan fingerprint density at radius 3 is 1.73 bits per heavy atom. The molecule has 0 atom stereocenters. The van der Waals surface area contributed by atoms with Gasteiger partial charge in [0.15, 0.2) is 0 Å². The van der Waals surface area contributed by atoms with Crippen LogP contribution in [0, 0.1) is 0 Å². The van der Waals surface area contributed by atoms with Crippen molar-refractivity contribution in [3.8, 4) is 0 Å². The van der Waals surface area contributed by atoms with Crippen LogP contribution in [0.15, 0.2) is 0 Å². The number of ether oxygens (including phenoxy) is 1. The fourth-order valence-electron chi connectivity index (χ4n) is 0.144. The summed E-state index contributed by atoms with van der Waals surface area (Å²) in [6, 6.07) is 0. The van der Waals surface area contributed by atoms with Crippen molar-refractivity contribution in [1.82, 2.24) is 0 Å². The van der Waals surface area contributed by atoms with Gasteiger partial charge in [-0.2, -0.15) is 0 Å². The van der Waals surface area contributed by atoms with Crippen LogP contribution in [0.4, 0.5) is 0 Å². The highest BCUT2D eigenvalue weighted by Gasteiger charge is 2.07. The minimum absolute atomic E-state index is 0.318. The number of carboxylic acids is 1. The van der Waals surface area contributed by atoms with E-state index < -0.39 is 5.97 Å². The molecule has 1 N–H and O–H groups in total. The molecule has 0 heterocycles. The maximum Gasteiger partial charge on any atom is 0.300 e. The number of carboxylic acid groups (broad SMARTS) is 1. The minimum atomic E-state index is -0.833. The summed E-state index contributed by atoms with van der Waals surface area (Å²) in [4.78, 5) is 18.6. The summed E-state index contributed by atoms with van der Waals surface area (Å²) in [6.07, 6.45) is 0. The van der Waals surface area contributed by atoms with E-state index >= 15 is 0 Å². The van der Waals surface area contributed by atoms with E-state index in [-0.39, 0.29) is 5.60 Å². The first-order chi connectivity index (χ1) is 4.79. The average molecular weight is 162 g/mol. The Balaban J connectivity index is 0. The molecule has 0 aromatic rings. The highest BCUT2D eigenvalue weighted by Crippen LogP contribution is 2.02. The Morgan fingerprint density at radius 2 is 1.73 bits per heavy atom. The molecule has 0 aliphatic heterocycles. The molecule has 0 radical (unpaired) electrons. The molecule has 0 aromatic heterocycles. The van der Waals surface area contributed by atoms with Gasteiger partial charge in [0.05, 0.1) is 0 Å². The van der Waals surface area contributed by atoms with E-state index in [4.69, 9.17) is 9.90 Å². The maximum atomic E-state index is 9.60. The van der Waals surface area contributed by atoms with Crippen LogP contribution in [0.25, 0.3) is 0 Å². The van der Waals surface area contributed by atoms with Gasteiger partial charge in [0.1, 0.15) is 5.60 Å². The molecule has 0 rings (SSSR count). The number of carbonyl (C=O) groups excluding carboxylic acids is 1. The van der Waals surface area contributed by atoms with Crippen LogP contribution in [-0.4, -0.2) is 23.1 Å². The van der Waals surface area contributed by atoms with Crippen LogP contribution in [0.5, 0.6) is 0 Å². The Kier molecular flexibility index (Phi) is 6.53. The van der Waals surface area contributed by atoms with Crippen LogP contribution >= 0.6 is 0 Å². The summed E-state index contributed by atoms with van der Waals surface area (Å²) >= 11 is 0. The molecule has 0 fully saturated rings. The predicted molar refractivity (Wildman–Crippen MR) is 40.2 cm³/mol. The molecule has 4 heteroatoms. The summed E-state index contributed by atoms with van der Waals surface area (Å²) in [7, 11) is 0. The molecule has 0 amide bonds. The van der Waals surface area contributed by atoms with Gasteiger partial charge in [-0.05, 0) is 20.8 Å². The molecular weight excluding hydrogens is 148 g/mol. The van der Waals surface area contributed by atoms with Crippen molar-refractivity contribution < 1.29 is 19.4 Å². The fourth-order valence-corrected chi connectivity index (χ4v) is 0.144. The number of hydrogen-bond donors (Lipinski definition) is 1. The van der Waals surface area contributed by atoms with Gasteiger partial charge in [0.25, 0.3) is 12.4 Å². The van der Waals surface area contributed by atoms with Gasteiger partial charge in [0.2, 0.25) is 0 Å². The van der Waals surface area contributed by atoms with Gasteiger partial charge in [-0.15, -0.1) is 0 Å². The summed E-state index contributed by atoms with van der Waals surface area (Å²) in [5.74, 6) is -0.833. The van der Waals surface area contributed by atoms with Crippen molar-refractivity contribution in [2.45, 2.75) is 33.3 Å². The first kappa shape index (κ1) is 12.6.